The average molecular weight is 246 g/mol. The Hall–Kier alpha value is -1.43. The molecule has 0 radical (unpaired) electrons. The molecule has 6 heteroatoms. The average Bonchev–Trinajstić information content (AvgIpc) is 2.03. The van der Waals surface area contributed by atoms with Crippen molar-refractivity contribution in [2.24, 2.45) is 0 Å². The SMILES string of the molecule is O=C(O)c1cc(Br)c(C(=O)O)cn1. The standard InChI is InChI=1S/C7H4BrNO4/c8-4-1-5(7(12)13)9-2-3(4)6(10)11/h1-2H,(H,10,11)(H,12,13). The second-order valence-corrected chi connectivity index (χ2v) is 3.01. The summed E-state index contributed by atoms with van der Waals surface area (Å²) in [5.74, 6) is -2.35. The largest absolute Gasteiger partial charge is 0.478 e. The maximum Gasteiger partial charge on any atom is 0.354 e. The van der Waals surface area contributed by atoms with Gasteiger partial charge in [-0.3, -0.25) is 0 Å². The Morgan fingerprint density at radius 2 is 1.92 bits per heavy atom. The van der Waals surface area contributed by atoms with E-state index in [2.05, 4.69) is 20.9 Å². The fourth-order valence-electron chi connectivity index (χ4n) is 0.705. The molecule has 1 rings (SSSR count). The maximum atomic E-state index is 10.5. The van der Waals surface area contributed by atoms with Gasteiger partial charge in [-0.25, -0.2) is 14.6 Å². The smallest absolute Gasteiger partial charge is 0.354 e. The van der Waals surface area contributed by atoms with E-state index in [1.165, 1.54) is 0 Å². The first-order valence-corrected chi connectivity index (χ1v) is 3.94. The van der Waals surface area contributed by atoms with E-state index >= 15 is 0 Å². The number of pyridine rings is 1. The molecule has 0 atom stereocenters. The molecule has 0 bridgehead atoms. The molecule has 0 unspecified atom stereocenters. The van der Waals surface area contributed by atoms with Crippen molar-refractivity contribution in [3.63, 3.8) is 0 Å². The monoisotopic (exact) mass is 245 g/mol. The summed E-state index contributed by atoms with van der Waals surface area (Å²) in [6.07, 6.45) is 0.996. The summed E-state index contributed by atoms with van der Waals surface area (Å²) in [6.45, 7) is 0. The zero-order valence-corrected chi connectivity index (χ0v) is 7.78. The minimum Gasteiger partial charge on any atom is -0.478 e. The number of hydrogen-bond acceptors (Lipinski definition) is 3. The molecule has 0 aliphatic heterocycles. The summed E-state index contributed by atoms with van der Waals surface area (Å²) in [5, 5.41) is 17.1. The molecule has 0 saturated carbocycles. The first kappa shape index (κ1) is 9.66. The van der Waals surface area contributed by atoms with Crippen molar-refractivity contribution < 1.29 is 19.8 Å². The van der Waals surface area contributed by atoms with Gasteiger partial charge >= 0.3 is 11.9 Å². The Morgan fingerprint density at radius 1 is 1.31 bits per heavy atom. The molecule has 0 aliphatic carbocycles. The molecule has 0 fully saturated rings. The Morgan fingerprint density at radius 3 is 2.31 bits per heavy atom. The molecule has 5 nitrogen and oxygen atoms in total. The van der Waals surface area contributed by atoms with Gasteiger partial charge < -0.3 is 10.2 Å². The number of aromatic nitrogens is 1. The molecular formula is C7H4BrNO4. The van der Waals surface area contributed by atoms with Crippen LogP contribution in [-0.2, 0) is 0 Å². The molecule has 1 heterocycles. The number of carboxylic acid groups (broad SMARTS) is 2. The second kappa shape index (κ2) is 3.53. The van der Waals surface area contributed by atoms with Gasteiger partial charge in [0.2, 0.25) is 0 Å². The van der Waals surface area contributed by atoms with E-state index < -0.39 is 11.9 Å². The lowest BCUT2D eigenvalue weighted by molar-refractivity contribution is 0.0675. The fourth-order valence-corrected chi connectivity index (χ4v) is 1.19. The summed E-state index contributed by atoms with van der Waals surface area (Å²) in [7, 11) is 0. The van der Waals surface area contributed by atoms with Crippen LogP contribution < -0.4 is 0 Å². The van der Waals surface area contributed by atoms with E-state index in [1.54, 1.807) is 0 Å². The molecule has 1 aromatic rings. The third-order valence-electron chi connectivity index (χ3n) is 1.30. The van der Waals surface area contributed by atoms with Crippen molar-refractivity contribution in [3.8, 4) is 0 Å². The lowest BCUT2D eigenvalue weighted by Crippen LogP contribution is -2.04. The zero-order chi connectivity index (χ0) is 10.0. The van der Waals surface area contributed by atoms with Crippen LogP contribution in [0.5, 0.6) is 0 Å². The van der Waals surface area contributed by atoms with Gasteiger partial charge in [-0.15, -0.1) is 0 Å². The first-order chi connectivity index (χ1) is 6.02. The number of aromatic carboxylic acids is 2. The highest BCUT2D eigenvalue weighted by atomic mass is 79.9. The molecule has 0 aliphatic rings. The van der Waals surface area contributed by atoms with Crippen molar-refractivity contribution >= 4 is 27.9 Å². The van der Waals surface area contributed by atoms with E-state index in [4.69, 9.17) is 10.2 Å². The normalized spacial score (nSPS) is 9.62. The van der Waals surface area contributed by atoms with Crippen LogP contribution in [0.2, 0.25) is 0 Å². The second-order valence-electron chi connectivity index (χ2n) is 2.16. The van der Waals surface area contributed by atoms with Crippen LogP contribution >= 0.6 is 15.9 Å². The molecule has 0 spiro atoms. The van der Waals surface area contributed by atoms with E-state index in [0.29, 0.717) is 0 Å². The van der Waals surface area contributed by atoms with Crippen LogP contribution in [0, 0.1) is 0 Å². The molecule has 0 saturated heterocycles. The number of hydrogen-bond donors (Lipinski definition) is 2. The molecule has 0 amide bonds. The van der Waals surface area contributed by atoms with E-state index in [-0.39, 0.29) is 15.7 Å². The number of halogens is 1. The van der Waals surface area contributed by atoms with Gasteiger partial charge in [0.25, 0.3) is 0 Å². The Labute approximate surface area is 81.2 Å². The lowest BCUT2D eigenvalue weighted by atomic mass is 10.2. The quantitative estimate of drug-likeness (QED) is 0.819. The van der Waals surface area contributed by atoms with Crippen LogP contribution in [0.4, 0.5) is 0 Å². The van der Waals surface area contributed by atoms with Crippen LogP contribution in [0.1, 0.15) is 20.8 Å². The van der Waals surface area contributed by atoms with Crippen LogP contribution in [0.3, 0.4) is 0 Å². The lowest BCUT2D eigenvalue weighted by Gasteiger charge is -1.98. The van der Waals surface area contributed by atoms with E-state index in [0.717, 1.165) is 12.3 Å². The summed E-state index contributed by atoms with van der Waals surface area (Å²) in [5.41, 5.74) is -0.262. The third-order valence-corrected chi connectivity index (χ3v) is 1.96. The van der Waals surface area contributed by atoms with Crippen molar-refractivity contribution in [2.45, 2.75) is 0 Å². The van der Waals surface area contributed by atoms with Crippen LogP contribution in [0.15, 0.2) is 16.7 Å². The first-order valence-electron chi connectivity index (χ1n) is 3.14. The Kier molecular flexibility index (Phi) is 2.62. The topological polar surface area (TPSA) is 87.5 Å². The summed E-state index contributed by atoms with van der Waals surface area (Å²) in [4.78, 5) is 24.3. The van der Waals surface area contributed by atoms with Crippen LogP contribution in [0.25, 0.3) is 0 Å². The molecule has 68 valence electrons. The molecule has 2 N–H and O–H groups in total. The van der Waals surface area contributed by atoms with Gasteiger partial charge in [-0.05, 0) is 22.0 Å². The van der Waals surface area contributed by atoms with Crippen molar-refractivity contribution in [3.05, 3.63) is 28.0 Å². The molecule has 1 aromatic heterocycles. The van der Waals surface area contributed by atoms with Crippen LogP contribution in [-0.4, -0.2) is 27.1 Å². The van der Waals surface area contributed by atoms with Gasteiger partial charge in [-0.2, -0.15) is 0 Å². The highest BCUT2D eigenvalue weighted by Gasteiger charge is 2.12. The number of carbonyl (C=O) groups is 2. The minimum absolute atomic E-state index is 0.0648. The van der Waals surface area contributed by atoms with Crippen molar-refractivity contribution in [1.29, 1.82) is 0 Å². The predicted molar refractivity (Wildman–Crippen MR) is 45.9 cm³/mol. The predicted octanol–water partition coefficient (Wildman–Crippen LogP) is 1.24. The Bertz CT molecular complexity index is 377. The highest BCUT2D eigenvalue weighted by Crippen LogP contribution is 2.16. The number of rotatable bonds is 2. The molecule has 13 heavy (non-hydrogen) atoms. The van der Waals surface area contributed by atoms with Gasteiger partial charge in [0, 0.05) is 10.7 Å². The number of nitrogens with zero attached hydrogens (tertiary/aromatic N) is 1. The fraction of sp³-hybridized carbons (Fsp3) is 0. The summed E-state index contributed by atoms with van der Waals surface area (Å²) >= 11 is 2.93. The van der Waals surface area contributed by atoms with E-state index in [9.17, 15) is 9.59 Å². The Balaban J connectivity index is 3.20. The van der Waals surface area contributed by atoms with Crippen molar-refractivity contribution in [2.75, 3.05) is 0 Å². The maximum absolute atomic E-state index is 10.5. The molecular weight excluding hydrogens is 242 g/mol. The zero-order valence-electron chi connectivity index (χ0n) is 6.19. The number of carboxylic acids is 2. The summed E-state index contributed by atoms with van der Waals surface area (Å²) in [6, 6.07) is 1.14. The van der Waals surface area contributed by atoms with Gasteiger partial charge in [0.15, 0.2) is 0 Å². The molecule has 0 aromatic carbocycles. The third kappa shape index (κ3) is 2.03. The highest BCUT2D eigenvalue weighted by molar-refractivity contribution is 9.10. The van der Waals surface area contributed by atoms with E-state index in [1.807, 2.05) is 0 Å². The minimum atomic E-state index is -1.20. The van der Waals surface area contributed by atoms with Gasteiger partial charge in [-0.1, -0.05) is 0 Å². The van der Waals surface area contributed by atoms with Gasteiger partial charge in [0.1, 0.15) is 5.69 Å². The summed E-state index contributed by atoms with van der Waals surface area (Å²) < 4.78 is 0.201. The van der Waals surface area contributed by atoms with Crippen molar-refractivity contribution in [1.82, 2.24) is 4.98 Å². The van der Waals surface area contributed by atoms with Gasteiger partial charge in [0.05, 0.1) is 5.56 Å².